The number of amides is 1. The van der Waals surface area contributed by atoms with Crippen LogP contribution < -0.4 is 11.1 Å². The monoisotopic (exact) mass is 304 g/mol. The molecule has 1 aromatic carbocycles. The van der Waals surface area contributed by atoms with E-state index in [0.29, 0.717) is 6.54 Å². The number of rotatable bonds is 4. The summed E-state index contributed by atoms with van der Waals surface area (Å²) in [7, 11) is 0. The van der Waals surface area contributed by atoms with Crippen LogP contribution in [0.15, 0.2) is 24.3 Å². The summed E-state index contributed by atoms with van der Waals surface area (Å²) in [5.41, 5.74) is 6.69. The Kier molecular flexibility index (Phi) is 4.22. The average Bonchev–Trinajstić information content (AvgIpc) is 2.48. The number of carbonyl (C=O) groups excluding carboxylic acids is 1. The van der Waals surface area contributed by atoms with Crippen molar-refractivity contribution in [3.05, 3.63) is 35.6 Å². The van der Waals surface area contributed by atoms with Gasteiger partial charge in [0, 0.05) is 12.0 Å². The maximum absolute atomic E-state index is 13.1. The number of hydrogen-bond acceptors (Lipinski definition) is 2. The molecule has 0 bridgehead atoms. The Hall–Kier alpha value is -1.42. The molecule has 22 heavy (non-hydrogen) atoms. The van der Waals surface area contributed by atoms with Crippen molar-refractivity contribution in [2.24, 2.45) is 5.73 Å². The summed E-state index contributed by atoms with van der Waals surface area (Å²) in [4.78, 5) is 12.5. The predicted octanol–water partition coefficient (Wildman–Crippen LogP) is 3.03. The number of nitrogens with two attached hydrogens (primary N) is 1. The van der Waals surface area contributed by atoms with Crippen molar-refractivity contribution < 1.29 is 9.18 Å². The first kappa shape index (κ1) is 15.5. The van der Waals surface area contributed by atoms with Crippen molar-refractivity contribution in [2.45, 2.75) is 62.3 Å². The molecule has 3 N–H and O–H groups in total. The molecule has 0 radical (unpaired) electrons. The molecule has 2 saturated carbocycles. The van der Waals surface area contributed by atoms with E-state index in [4.69, 9.17) is 5.73 Å². The molecule has 0 saturated heterocycles. The van der Waals surface area contributed by atoms with Gasteiger partial charge in [0.25, 0.3) is 0 Å². The lowest BCUT2D eigenvalue weighted by Crippen LogP contribution is -2.57. The van der Waals surface area contributed by atoms with Crippen LogP contribution >= 0.6 is 0 Å². The third-order valence-electron chi connectivity index (χ3n) is 5.55. The van der Waals surface area contributed by atoms with Crippen LogP contribution in [-0.4, -0.2) is 18.0 Å². The zero-order valence-corrected chi connectivity index (χ0v) is 13.0. The molecular formula is C18H25FN2O. The minimum absolute atomic E-state index is 0.0133. The zero-order valence-electron chi connectivity index (χ0n) is 13.0. The summed E-state index contributed by atoms with van der Waals surface area (Å²) in [6.07, 6.45) is 8.03. The molecule has 0 aromatic heterocycles. The number of nitrogens with one attached hydrogen (secondary N) is 1. The van der Waals surface area contributed by atoms with E-state index in [9.17, 15) is 9.18 Å². The van der Waals surface area contributed by atoms with E-state index in [-0.39, 0.29) is 17.1 Å². The van der Waals surface area contributed by atoms with Crippen LogP contribution in [0.1, 0.15) is 56.9 Å². The lowest BCUT2D eigenvalue weighted by molar-refractivity contribution is -0.128. The largest absolute Gasteiger partial charge is 0.354 e. The molecular weight excluding hydrogens is 279 g/mol. The fourth-order valence-electron chi connectivity index (χ4n) is 3.81. The summed E-state index contributed by atoms with van der Waals surface area (Å²) < 4.78 is 13.1. The highest BCUT2D eigenvalue weighted by molar-refractivity contribution is 5.86. The van der Waals surface area contributed by atoms with E-state index >= 15 is 0 Å². The fraction of sp³-hybridized carbons (Fsp3) is 0.611. The second-order valence-electron chi connectivity index (χ2n) is 7.04. The van der Waals surface area contributed by atoms with E-state index < -0.39 is 5.54 Å². The second-order valence-corrected chi connectivity index (χ2v) is 7.04. The van der Waals surface area contributed by atoms with Crippen LogP contribution in [0, 0.1) is 5.82 Å². The van der Waals surface area contributed by atoms with Crippen LogP contribution in [0.4, 0.5) is 4.39 Å². The van der Waals surface area contributed by atoms with Crippen molar-refractivity contribution in [3.63, 3.8) is 0 Å². The van der Waals surface area contributed by atoms with E-state index in [1.54, 1.807) is 0 Å². The molecule has 1 aromatic rings. The van der Waals surface area contributed by atoms with Crippen molar-refractivity contribution >= 4 is 5.91 Å². The number of carbonyl (C=O) groups is 1. The van der Waals surface area contributed by atoms with E-state index in [1.165, 1.54) is 18.6 Å². The first-order chi connectivity index (χ1) is 10.5. The highest BCUT2D eigenvalue weighted by atomic mass is 19.1. The quantitative estimate of drug-likeness (QED) is 0.898. The minimum Gasteiger partial charge on any atom is -0.354 e. The Labute approximate surface area is 131 Å². The molecule has 0 heterocycles. The molecule has 2 aliphatic rings. The van der Waals surface area contributed by atoms with Gasteiger partial charge in [-0.3, -0.25) is 4.79 Å². The van der Waals surface area contributed by atoms with Crippen LogP contribution in [0.5, 0.6) is 0 Å². The number of hydrogen-bond donors (Lipinski definition) is 2. The third kappa shape index (κ3) is 2.89. The van der Waals surface area contributed by atoms with Crippen molar-refractivity contribution in [1.82, 2.24) is 5.32 Å². The molecule has 0 atom stereocenters. The van der Waals surface area contributed by atoms with Gasteiger partial charge in [0.05, 0.1) is 5.54 Å². The van der Waals surface area contributed by atoms with Gasteiger partial charge in [0.2, 0.25) is 5.91 Å². The first-order valence-corrected chi connectivity index (χ1v) is 8.37. The first-order valence-electron chi connectivity index (χ1n) is 8.37. The van der Waals surface area contributed by atoms with Crippen molar-refractivity contribution in [2.75, 3.05) is 6.54 Å². The molecule has 3 rings (SSSR count). The van der Waals surface area contributed by atoms with Crippen LogP contribution in [0.25, 0.3) is 0 Å². The van der Waals surface area contributed by atoms with Gasteiger partial charge in [-0.1, -0.05) is 37.8 Å². The normalized spacial score (nSPS) is 22.6. The van der Waals surface area contributed by atoms with Crippen LogP contribution in [0.2, 0.25) is 0 Å². The third-order valence-corrected chi connectivity index (χ3v) is 5.55. The molecule has 120 valence electrons. The Bertz CT molecular complexity index is 531. The summed E-state index contributed by atoms with van der Waals surface area (Å²) in [5.74, 6) is -0.231. The zero-order chi connectivity index (χ0) is 15.6. The summed E-state index contributed by atoms with van der Waals surface area (Å²) in [6.45, 7) is 0.608. The molecule has 1 amide bonds. The van der Waals surface area contributed by atoms with Crippen molar-refractivity contribution in [1.29, 1.82) is 0 Å². The molecule has 4 heteroatoms. The second kappa shape index (κ2) is 5.99. The van der Waals surface area contributed by atoms with Gasteiger partial charge in [0.1, 0.15) is 5.82 Å². The molecule has 0 aliphatic heterocycles. The molecule has 2 aliphatic carbocycles. The molecule has 0 spiro atoms. The van der Waals surface area contributed by atoms with Gasteiger partial charge in [0.15, 0.2) is 0 Å². The van der Waals surface area contributed by atoms with E-state index in [2.05, 4.69) is 5.32 Å². The summed E-state index contributed by atoms with van der Waals surface area (Å²) in [6, 6.07) is 6.70. The van der Waals surface area contributed by atoms with Gasteiger partial charge in [-0.15, -0.1) is 0 Å². The summed E-state index contributed by atoms with van der Waals surface area (Å²) >= 11 is 0. The van der Waals surface area contributed by atoms with Gasteiger partial charge < -0.3 is 11.1 Å². The Morgan fingerprint density at radius 1 is 1.05 bits per heavy atom. The maximum Gasteiger partial charge on any atom is 0.240 e. The Balaban J connectivity index is 1.66. The van der Waals surface area contributed by atoms with Gasteiger partial charge >= 0.3 is 0 Å². The SMILES string of the molecule is NC1(C(=O)NCC2(c3ccc(F)cc3)CCC2)CCCCC1. The lowest BCUT2D eigenvalue weighted by Gasteiger charge is -2.43. The van der Waals surface area contributed by atoms with Crippen molar-refractivity contribution in [3.8, 4) is 0 Å². The average molecular weight is 304 g/mol. The summed E-state index contributed by atoms with van der Waals surface area (Å²) in [5, 5.41) is 3.09. The number of benzene rings is 1. The predicted molar refractivity (Wildman–Crippen MR) is 84.9 cm³/mol. The van der Waals surface area contributed by atoms with Gasteiger partial charge in [-0.2, -0.15) is 0 Å². The Morgan fingerprint density at radius 2 is 1.68 bits per heavy atom. The fourth-order valence-corrected chi connectivity index (χ4v) is 3.81. The highest BCUT2D eigenvalue weighted by Gasteiger charge is 2.41. The molecule has 2 fully saturated rings. The molecule has 3 nitrogen and oxygen atoms in total. The van der Waals surface area contributed by atoms with E-state index in [1.807, 2.05) is 12.1 Å². The van der Waals surface area contributed by atoms with Gasteiger partial charge in [-0.25, -0.2) is 4.39 Å². The van der Waals surface area contributed by atoms with Crippen LogP contribution in [-0.2, 0) is 10.2 Å². The van der Waals surface area contributed by atoms with Gasteiger partial charge in [-0.05, 0) is 43.4 Å². The highest BCUT2D eigenvalue weighted by Crippen LogP contribution is 2.43. The van der Waals surface area contributed by atoms with E-state index in [0.717, 1.165) is 50.5 Å². The molecule has 0 unspecified atom stereocenters. The maximum atomic E-state index is 13.1. The topological polar surface area (TPSA) is 55.1 Å². The minimum atomic E-state index is -0.689. The van der Waals surface area contributed by atoms with Crippen LogP contribution in [0.3, 0.4) is 0 Å². The smallest absolute Gasteiger partial charge is 0.240 e. The standard InChI is InChI=1S/C18H25FN2O/c19-15-7-5-14(6-8-15)17(9-4-10-17)13-21-16(22)18(20)11-2-1-3-12-18/h5-8H,1-4,9-13,20H2,(H,21,22). The Morgan fingerprint density at radius 3 is 2.23 bits per heavy atom. The number of halogens is 1. The lowest BCUT2D eigenvalue weighted by atomic mass is 9.64.